The summed E-state index contributed by atoms with van der Waals surface area (Å²) in [7, 11) is 0. The van der Waals surface area contributed by atoms with Crippen LogP contribution in [0.5, 0.6) is 0 Å². The van der Waals surface area contributed by atoms with Gasteiger partial charge in [0, 0.05) is 0 Å². The summed E-state index contributed by atoms with van der Waals surface area (Å²) in [5, 5.41) is 77.7. The van der Waals surface area contributed by atoms with Gasteiger partial charge < -0.3 is 64.5 Å². The molecule has 0 radical (unpaired) electrons. The van der Waals surface area contributed by atoms with E-state index in [-0.39, 0.29) is 0 Å². The average molecular weight is 414 g/mol. The number of aliphatic hydroxyl groups excluding tert-OH is 8. The van der Waals surface area contributed by atoms with Crippen LogP contribution in [0.4, 0.5) is 0 Å². The van der Waals surface area contributed by atoms with Crippen molar-refractivity contribution in [3.05, 3.63) is 0 Å². The molecule has 28 heavy (non-hydrogen) atoms. The topological polar surface area (TPSA) is 208 Å². The summed E-state index contributed by atoms with van der Waals surface area (Å²) < 4.78 is 26.4. The average Bonchev–Trinajstić information content (AvgIpc) is 3.24. The minimum atomic E-state index is -1.60. The smallest absolute Gasteiger partial charge is 0.187 e. The summed E-state index contributed by atoms with van der Waals surface area (Å²) in [6, 6.07) is 0. The second-order valence-corrected chi connectivity index (χ2v) is 6.86. The molecule has 0 aliphatic carbocycles. The third-order valence-electron chi connectivity index (χ3n) is 5.05. The fourth-order valence-electron chi connectivity index (χ4n) is 3.41. The molecule has 3 fully saturated rings. The van der Waals surface area contributed by atoms with Crippen LogP contribution >= 0.6 is 0 Å². The largest absolute Gasteiger partial charge is 0.394 e. The van der Waals surface area contributed by atoms with Gasteiger partial charge in [0.1, 0.15) is 54.9 Å². The van der Waals surface area contributed by atoms with Gasteiger partial charge in [-0.1, -0.05) is 0 Å². The van der Waals surface area contributed by atoms with Crippen molar-refractivity contribution in [3.8, 4) is 0 Å². The predicted molar refractivity (Wildman–Crippen MR) is 83.2 cm³/mol. The fourth-order valence-corrected chi connectivity index (χ4v) is 3.41. The van der Waals surface area contributed by atoms with Crippen molar-refractivity contribution in [1.82, 2.24) is 0 Å². The maximum atomic E-state index is 10.3. The molecule has 8 N–H and O–H groups in total. The molecule has 0 bridgehead atoms. The Bertz CT molecular complexity index is 508. The van der Waals surface area contributed by atoms with Crippen molar-refractivity contribution in [1.29, 1.82) is 0 Å². The Balaban J connectivity index is 1.70. The van der Waals surface area contributed by atoms with Crippen molar-refractivity contribution in [2.24, 2.45) is 0 Å². The molecule has 13 nitrogen and oxygen atoms in total. The van der Waals surface area contributed by atoms with Crippen molar-refractivity contribution in [2.45, 2.75) is 73.8 Å². The summed E-state index contributed by atoms with van der Waals surface area (Å²) >= 11 is 0. The number of rotatable bonds is 7. The molecule has 3 saturated heterocycles. The molecule has 0 spiro atoms. The molecule has 0 unspecified atom stereocenters. The van der Waals surface area contributed by atoms with Crippen molar-refractivity contribution >= 4 is 0 Å². The van der Waals surface area contributed by atoms with Crippen molar-refractivity contribution in [3.63, 3.8) is 0 Å². The highest BCUT2D eigenvalue weighted by atomic mass is 16.8. The molecule has 0 aromatic heterocycles. The zero-order valence-electron chi connectivity index (χ0n) is 14.7. The quantitative estimate of drug-likeness (QED) is 0.196. The molecular formula is C15H26O13. The van der Waals surface area contributed by atoms with Gasteiger partial charge in [-0.25, -0.2) is 0 Å². The molecule has 3 aliphatic rings. The Morgan fingerprint density at radius 2 is 1.00 bits per heavy atom. The number of aliphatic hydroxyl groups is 8. The lowest BCUT2D eigenvalue weighted by Crippen LogP contribution is -2.46. The molecule has 12 atom stereocenters. The first-order valence-corrected chi connectivity index (χ1v) is 8.82. The van der Waals surface area contributed by atoms with Gasteiger partial charge in [0.05, 0.1) is 19.8 Å². The molecule has 0 aromatic rings. The third-order valence-corrected chi connectivity index (χ3v) is 5.05. The molecule has 164 valence electrons. The number of hydrogen-bond donors (Lipinski definition) is 8. The van der Waals surface area contributed by atoms with E-state index in [2.05, 4.69) is 0 Å². The zero-order chi connectivity index (χ0) is 20.6. The standard InChI is InChI=1S/C15H26O13/c16-1-4-7(19)10(22)14(25-4)28-12-9(21)6(3-18)26-15(12)27-11-8(20)5(2-17)24-13(11)23/h4-23H,1-3H2/t4-,5-,6-,7-,8-,9-,10+,11+,12+,13+,14-,15-/m0/s1. The maximum absolute atomic E-state index is 10.3. The highest BCUT2D eigenvalue weighted by molar-refractivity contribution is 4.94. The van der Waals surface area contributed by atoms with Crippen molar-refractivity contribution in [2.75, 3.05) is 19.8 Å². The molecule has 3 heterocycles. The van der Waals surface area contributed by atoms with E-state index in [0.29, 0.717) is 0 Å². The van der Waals surface area contributed by atoms with Gasteiger partial charge in [-0.05, 0) is 0 Å². The van der Waals surface area contributed by atoms with E-state index in [9.17, 15) is 30.6 Å². The lowest BCUT2D eigenvalue weighted by atomic mass is 10.1. The van der Waals surface area contributed by atoms with E-state index in [0.717, 1.165) is 0 Å². The summed E-state index contributed by atoms with van der Waals surface area (Å²) in [5.74, 6) is 0. The summed E-state index contributed by atoms with van der Waals surface area (Å²) in [6.45, 7) is -1.77. The summed E-state index contributed by atoms with van der Waals surface area (Å²) in [5.41, 5.74) is 0. The third kappa shape index (κ3) is 4.04. The first kappa shape index (κ1) is 22.2. The highest BCUT2D eigenvalue weighted by Gasteiger charge is 2.53. The molecular weight excluding hydrogens is 388 g/mol. The van der Waals surface area contributed by atoms with Crippen LogP contribution in [0.3, 0.4) is 0 Å². The van der Waals surface area contributed by atoms with Crippen LogP contribution in [0.15, 0.2) is 0 Å². The van der Waals surface area contributed by atoms with E-state index in [1.54, 1.807) is 0 Å². The second-order valence-electron chi connectivity index (χ2n) is 6.86. The monoisotopic (exact) mass is 414 g/mol. The van der Waals surface area contributed by atoms with Crippen LogP contribution in [0, 0.1) is 0 Å². The Morgan fingerprint density at radius 1 is 0.536 bits per heavy atom. The van der Waals surface area contributed by atoms with Crippen LogP contribution in [0.2, 0.25) is 0 Å². The van der Waals surface area contributed by atoms with Crippen LogP contribution < -0.4 is 0 Å². The Hall–Kier alpha value is -0.520. The fraction of sp³-hybridized carbons (Fsp3) is 1.00. The van der Waals surface area contributed by atoms with Gasteiger partial charge in [-0.2, -0.15) is 0 Å². The second kappa shape index (κ2) is 9.09. The molecule has 0 aromatic carbocycles. The lowest BCUT2D eigenvalue weighted by molar-refractivity contribution is -0.272. The Labute approximate surface area is 159 Å². The minimum absolute atomic E-state index is 0.575. The first-order chi connectivity index (χ1) is 13.3. The highest BCUT2D eigenvalue weighted by Crippen LogP contribution is 2.33. The summed E-state index contributed by atoms with van der Waals surface area (Å²) in [4.78, 5) is 0. The van der Waals surface area contributed by atoms with Crippen molar-refractivity contribution < 1.29 is 64.5 Å². The lowest BCUT2D eigenvalue weighted by Gasteiger charge is -2.28. The van der Waals surface area contributed by atoms with Gasteiger partial charge >= 0.3 is 0 Å². The number of ether oxygens (including phenoxy) is 5. The van der Waals surface area contributed by atoms with E-state index < -0.39 is 93.6 Å². The van der Waals surface area contributed by atoms with Crippen LogP contribution in [0.25, 0.3) is 0 Å². The Morgan fingerprint density at radius 3 is 1.54 bits per heavy atom. The SMILES string of the molecule is OC[C@@H]1O[C@@H](O[C@H]2[C@H](O[C@@H]3[C@@H](O)[C@H](CO)O[C@H]3O)O[C@@H](CO)[C@@H]2O)[C@H](O)[C@H]1O. The zero-order valence-corrected chi connectivity index (χ0v) is 14.7. The van der Waals surface area contributed by atoms with E-state index >= 15 is 0 Å². The minimum Gasteiger partial charge on any atom is -0.394 e. The van der Waals surface area contributed by atoms with Gasteiger partial charge in [0.2, 0.25) is 0 Å². The molecule has 3 rings (SSSR count). The first-order valence-electron chi connectivity index (χ1n) is 8.82. The van der Waals surface area contributed by atoms with Crippen LogP contribution in [0.1, 0.15) is 0 Å². The molecule has 13 heteroatoms. The van der Waals surface area contributed by atoms with E-state index in [1.165, 1.54) is 0 Å². The summed E-state index contributed by atoms with van der Waals surface area (Å²) in [6.07, 6.45) is -16.4. The van der Waals surface area contributed by atoms with Gasteiger partial charge in [0.15, 0.2) is 18.9 Å². The van der Waals surface area contributed by atoms with Crippen LogP contribution in [-0.4, -0.2) is 134 Å². The van der Waals surface area contributed by atoms with E-state index in [1.807, 2.05) is 0 Å². The van der Waals surface area contributed by atoms with Gasteiger partial charge in [-0.15, -0.1) is 0 Å². The Kier molecular flexibility index (Phi) is 7.20. The van der Waals surface area contributed by atoms with Gasteiger partial charge in [0.25, 0.3) is 0 Å². The normalized spacial score (nSPS) is 51.9. The van der Waals surface area contributed by atoms with Gasteiger partial charge in [-0.3, -0.25) is 0 Å². The molecule has 0 amide bonds. The molecule has 3 aliphatic heterocycles. The maximum Gasteiger partial charge on any atom is 0.187 e. The van der Waals surface area contributed by atoms with E-state index in [4.69, 9.17) is 33.9 Å². The van der Waals surface area contributed by atoms with Crippen LogP contribution in [-0.2, 0) is 23.7 Å². The number of hydrogen-bond acceptors (Lipinski definition) is 13. The molecule has 0 saturated carbocycles. The predicted octanol–water partition coefficient (Wildman–Crippen LogP) is -5.66.